The van der Waals surface area contributed by atoms with Crippen molar-refractivity contribution in [2.24, 2.45) is 0 Å². The van der Waals surface area contributed by atoms with Gasteiger partial charge in [0.05, 0.1) is 23.5 Å². The fourth-order valence-electron chi connectivity index (χ4n) is 1.98. The Kier molecular flexibility index (Phi) is 3.86. The van der Waals surface area contributed by atoms with Gasteiger partial charge in [0.1, 0.15) is 6.07 Å². The zero-order valence-corrected chi connectivity index (χ0v) is 11.5. The van der Waals surface area contributed by atoms with E-state index >= 15 is 0 Å². The molecule has 0 N–H and O–H groups in total. The zero-order valence-electron chi connectivity index (χ0n) is 11.5. The molecule has 1 aromatic carbocycles. The Hall–Kier alpha value is -2.28. The molecule has 1 aromatic heterocycles. The van der Waals surface area contributed by atoms with Crippen molar-refractivity contribution in [1.29, 1.82) is 5.26 Å². The Morgan fingerprint density at radius 3 is 2.68 bits per heavy atom. The third-order valence-electron chi connectivity index (χ3n) is 3.03. The lowest BCUT2D eigenvalue weighted by Crippen LogP contribution is -2.18. The maximum absolute atomic E-state index is 9.11. The Labute approximate surface area is 113 Å². The molecule has 19 heavy (non-hydrogen) atoms. The van der Waals surface area contributed by atoms with Crippen molar-refractivity contribution >= 4 is 5.69 Å². The second-order valence-electron chi connectivity index (χ2n) is 4.87. The zero-order chi connectivity index (χ0) is 13.8. The number of nitriles is 1. The van der Waals surface area contributed by atoms with Gasteiger partial charge in [-0.2, -0.15) is 10.4 Å². The molecule has 0 saturated heterocycles. The minimum absolute atomic E-state index is 0.366. The maximum atomic E-state index is 9.11. The van der Waals surface area contributed by atoms with Crippen molar-refractivity contribution < 1.29 is 0 Å². The van der Waals surface area contributed by atoms with E-state index in [0.717, 1.165) is 11.4 Å². The lowest BCUT2D eigenvalue weighted by atomic mass is 10.2. The summed E-state index contributed by atoms with van der Waals surface area (Å²) >= 11 is 0. The number of anilines is 1. The SMILES string of the molecule is CC(C)n1ccc(CN(C)c2ccccc2C#N)n1. The molecule has 0 spiro atoms. The van der Waals surface area contributed by atoms with Gasteiger partial charge in [-0.25, -0.2) is 0 Å². The predicted octanol–water partition coefficient (Wildman–Crippen LogP) is 2.97. The van der Waals surface area contributed by atoms with Crippen molar-refractivity contribution in [2.45, 2.75) is 26.4 Å². The summed E-state index contributed by atoms with van der Waals surface area (Å²) in [7, 11) is 1.98. The van der Waals surface area contributed by atoms with Crippen molar-refractivity contribution in [1.82, 2.24) is 9.78 Å². The second-order valence-corrected chi connectivity index (χ2v) is 4.87. The molecule has 0 aliphatic heterocycles. The van der Waals surface area contributed by atoms with Crippen LogP contribution in [0.3, 0.4) is 0 Å². The summed E-state index contributed by atoms with van der Waals surface area (Å²) in [6.45, 7) is 4.90. The molecule has 0 unspecified atom stereocenters. The van der Waals surface area contributed by atoms with Crippen LogP contribution < -0.4 is 4.90 Å². The summed E-state index contributed by atoms with van der Waals surface area (Å²) in [6, 6.07) is 12.2. The van der Waals surface area contributed by atoms with E-state index in [1.807, 2.05) is 53.2 Å². The molecule has 0 aliphatic rings. The van der Waals surface area contributed by atoms with Crippen molar-refractivity contribution in [3.8, 4) is 6.07 Å². The topological polar surface area (TPSA) is 44.9 Å². The van der Waals surface area contributed by atoms with Gasteiger partial charge in [-0.05, 0) is 32.0 Å². The van der Waals surface area contributed by atoms with Gasteiger partial charge in [0, 0.05) is 19.3 Å². The normalized spacial score (nSPS) is 10.5. The summed E-state index contributed by atoms with van der Waals surface area (Å²) in [6.07, 6.45) is 1.99. The fourth-order valence-corrected chi connectivity index (χ4v) is 1.98. The number of rotatable bonds is 4. The van der Waals surface area contributed by atoms with Gasteiger partial charge in [0.2, 0.25) is 0 Å². The lowest BCUT2D eigenvalue weighted by Gasteiger charge is -2.19. The highest BCUT2D eigenvalue weighted by Crippen LogP contribution is 2.19. The van der Waals surface area contributed by atoms with Crippen molar-refractivity contribution in [2.75, 3.05) is 11.9 Å². The summed E-state index contributed by atoms with van der Waals surface area (Å²) in [4.78, 5) is 2.05. The minimum Gasteiger partial charge on any atom is -0.368 e. The summed E-state index contributed by atoms with van der Waals surface area (Å²) < 4.78 is 1.94. The highest BCUT2D eigenvalue weighted by Gasteiger charge is 2.09. The average Bonchev–Trinajstić information content (AvgIpc) is 2.87. The first-order chi connectivity index (χ1) is 9.11. The van der Waals surface area contributed by atoms with Crippen LogP contribution in [0.1, 0.15) is 31.1 Å². The molecule has 2 aromatic rings. The van der Waals surface area contributed by atoms with Crippen LogP contribution in [0.4, 0.5) is 5.69 Å². The average molecular weight is 254 g/mol. The molecule has 1 heterocycles. The van der Waals surface area contributed by atoms with E-state index in [0.29, 0.717) is 18.2 Å². The number of hydrogen-bond donors (Lipinski definition) is 0. The van der Waals surface area contributed by atoms with Gasteiger partial charge in [0.25, 0.3) is 0 Å². The number of benzene rings is 1. The molecule has 0 amide bonds. The van der Waals surface area contributed by atoms with Gasteiger partial charge in [0.15, 0.2) is 0 Å². The van der Waals surface area contributed by atoms with Crippen molar-refractivity contribution in [3.05, 3.63) is 47.8 Å². The third-order valence-corrected chi connectivity index (χ3v) is 3.03. The van der Waals surface area contributed by atoms with E-state index in [-0.39, 0.29) is 0 Å². The molecule has 98 valence electrons. The first-order valence-corrected chi connectivity index (χ1v) is 6.36. The van der Waals surface area contributed by atoms with Crippen LogP contribution in [0, 0.1) is 11.3 Å². The van der Waals surface area contributed by atoms with E-state index in [9.17, 15) is 0 Å². The second kappa shape index (κ2) is 5.57. The molecule has 4 nitrogen and oxygen atoms in total. The van der Waals surface area contributed by atoms with Gasteiger partial charge in [-0.15, -0.1) is 0 Å². The van der Waals surface area contributed by atoms with Crippen LogP contribution >= 0.6 is 0 Å². The summed E-state index contributed by atoms with van der Waals surface area (Å²) in [5, 5.41) is 13.6. The van der Waals surface area contributed by atoms with E-state index in [1.165, 1.54) is 0 Å². The predicted molar refractivity (Wildman–Crippen MR) is 75.9 cm³/mol. The largest absolute Gasteiger partial charge is 0.368 e. The Bertz CT molecular complexity index is 592. The number of nitrogens with zero attached hydrogens (tertiary/aromatic N) is 4. The van der Waals surface area contributed by atoms with Crippen LogP contribution in [0.15, 0.2) is 36.5 Å². The number of hydrogen-bond acceptors (Lipinski definition) is 3. The Balaban J connectivity index is 2.16. The molecule has 4 heteroatoms. The summed E-state index contributed by atoms with van der Waals surface area (Å²) in [5.74, 6) is 0. The maximum Gasteiger partial charge on any atom is 0.101 e. The Morgan fingerprint density at radius 2 is 2.05 bits per heavy atom. The van der Waals surface area contributed by atoms with Gasteiger partial charge >= 0.3 is 0 Å². The number of aromatic nitrogens is 2. The molecule has 0 radical (unpaired) electrons. The van der Waals surface area contributed by atoms with Crippen LogP contribution in [-0.2, 0) is 6.54 Å². The molecule has 0 saturated carbocycles. The molecular formula is C15H18N4. The van der Waals surface area contributed by atoms with E-state index in [1.54, 1.807) is 0 Å². The van der Waals surface area contributed by atoms with Gasteiger partial charge in [-0.3, -0.25) is 4.68 Å². The quantitative estimate of drug-likeness (QED) is 0.842. The molecule has 0 fully saturated rings. The van der Waals surface area contributed by atoms with Crippen LogP contribution in [0.5, 0.6) is 0 Å². The monoisotopic (exact) mass is 254 g/mol. The van der Waals surface area contributed by atoms with Gasteiger partial charge < -0.3 is 4.90 Å². The third kappa shape index (κ3) is 2.94. The van der Waals surface area contributed by atoms with E-state index in [4.69, 9.17) is 5.26 Å². The lowest BCUT2D eigenvalue weighted by molar-refractivity contribution is 0.526. The first-order valence-electron chi connectivity index (χ1n) is 6.36. The highest BCUT2D eigenvalue weighted by molar-refractivity contribution is 5.58. The van der Waals surface area contributed by atoms with Gasteiger partial charge in [-0.1, -0.05) is 12.1 Å². The molecule has 0 bridgehead atoms. The molecular weight excluding hydrogens is 236 g/mol. The van der Waals surface area contributed by atoms with Crippen LogP contribution in [0.25, 0.3) is 0 Å². The summed E-state index contributed by atoms with van der Waals surface area (Å²) in [5.41, 5.74) is 2.63. The Morgan fingerprint density at radius 1 is 1.32 bits per heavy atom. The minimum atomic E-state index is 0.366. The molecule has 0 aliphatic carbocycles. The highest BCUT2D eigenvalue weighted by atomic mass is 15.3. The number of para-hydroxylation sites is 1. The standard InChI is InChI=1S/C15H18N4/c1-12(2)19-9-8-14(17-19)11-18(3)15-7-5-4-6-13(15)10-16/h4-9,12H,11H2,1-3H3. The smallest absolute Gasteiger partial charge is 0.101 e. The van der Waals surface area contributed by atoms with E-state index < -0.39 is 0 Å². The molecule has 2 rings (SSSR count). The van der Waals surface area contributed by atoms with Crippen molar-refractivity contribution in [3.63, 3.8) is 0 Å². The fraction of sp³-hybridized carbons (Fsp3) is 0.333. The van der Waals surface area contributed by atoms with Crippen LogP contribution in [-0.4, -0.2) is 16.8 Å². The molecule has 0 atom stereocenters. The van der Waals surface area contributed by atoms with Crippen LogP contribution in [0.2, 0.25) is 0 Å². The van der Waals surface area contributed by atoms with E-state index in [2.05, 4.69) is 25.0 Å². The first kappa shape index (κ1) is 13.2.